The van der Waals surface area contributed by atoms with Crippen molar-refractivity contribution in [1.82, 2.24) is 4.98 Å². The van der Waals surface area contributed by atoms with E-state index in [0.717, 1.165) is 27.9 Å². The number of aromatic amines is 1. The van der Waals surface area contributed by atoms with E-state index >= 15 is 0 Å². The van der Waals surface area contributed by atoms with Crippen molar-refractivity contribution >= 4 is 17.0 Å². The number of rotatable bonds is 2. The molecule has 0 spiro atoms. The number of hydrogen-bond donors (Lipinski definition) is 1. The SMILES string of the molecule is C=Cc1c(C)[nH]c2ccc(OC)cc12. The first kappa shape index (κ1) is 8.88. The molecule has 0 saturated carbocycles. The quantitative estimate of drug-likeness (QED) is 0.767. The molecule has 2 rings (SSSR count). The zero-order valence-corrected chi connectivity index (χ0v) is 8.42. The van der Waals surface area contributed by atoms with Crippen LogP contribution in [0.3, 0.4) is 0 Å². The Morgan fingerprint density at radius 2 is 2.21 bits per heavy atom. The van der Waals surface area contributed by atoms with Crippen molar-refractivity contribution in [3.8, 4) is 5.75 Å². The number of fused-ring (bicyclic) bond motifs is 1. The molecule has 72 valence electrons. The van der Waals surface area contributed by atoms with Gasteiger partial charge in [-0.1, -0.05) is 12.7 Å². The van der Waals surface area contributed by atoms with Gasteiger partial charge < -0.3 is 9.72 Å². The second kappa shape index (κ2) is 3.22. The summed E-state index contributed by atoms with van der Waals surface area (Å²) in [6.07, 6.45) is 1.87. The zero-order chi connectivity index (χ0) is 10.1. The molecule has 0 aliphatic carbocycles. The van der Waals surface area contributed by atoms with E-state index in [4.69, 9.17) is 4.74 Å². The highest BCUT2D eigenvalue weighted by Crippen LogP contribution is 2.26. The summed E-state index contributed by atoms with van der Waals surface area (Å²) in [7, 11) is 1.67. The lowest BCUT2D eigenvalue weighted by Gasteiger charge is -1.99. The molecule has 1 aromatic heterocycles. The number of hydrogen-bond acceptors (Lipinski definition) is 1. The minimum atomic E-state index is 0.875. The Labute approximate surface area is 83.2 Å². The van der Waals surface area contributed by atoms with Crippen LogP contribution in [0.1, 0.15) is 11.3 Å². The van der Waals surface area contributed by atoms with Crippen LogP contribution >= 0.6 is 0 Å². The monoisotopic (exact) mass is 187 g/mol. The van der Waals surface area contributed by atoms with Crippen molar-refractivity contribution in [3.05, 3.63) is 36.0 Å². The summed E-state index contributed by atoms with van der Waals surface area (Å²) in [6, 6.07) is 6.00. The van der Waals surface area contributed by atoms with E-state index < -0.39 is 0 Å². The van der Waals surface area contributed by atoms with Gasteiger partial charge in [-0.3, -0.25) is 0 Å². The van der Waals surface area contributed by atoms with Crippen molar-refractivity contribution in [1.29, 1.82) is 0 Å². The molecule has 0 saturated heterocycles. The van der Waals surface area contributed by atoms with Crippen molar-refractivity contribution in [3.63, 3.8) is 0 Å². The van der Waals surface area contributed by atoms with Crippen molar-refractivity contribution in [2.24, 2.45) is 0 Å². The van der Waals surface area contributed by atoms with Crippen LogP contribution in [-0.2, 0) is 0 Å². The molecule has 14 heavy (non-hydrogen) atoms. The number of aryl methyl sites for hydroxylation is 1. The van der Waals surface area contributed by atoms with Gasteiger partial charge >= 0.3 is 0 Å². The van der Waals surface area contributed by atoms with Gasteiger partial charge in [0.1, 0.15) is 5.75 Å². The van der Waals surface area contributed by atoms with Crippen molar-refractivity contribution in [2.75, 3.05) is 7.11 Å². The fraction of sp³-hybridized carbons (Fsp3) is 0.167. The van der Waals surface area contributed by atoms with Crippen LogP contribution in [0, 0.1) is 6.92 Å². The molecule has 1 heterocycles. The van der Waals surface area contributed by atoms with Gasteiger partial charge in [0.25, 0.3) is 0 Å². The summed E-state index contributed by atoms with van der Waals surface area (Å²) in [6.45, 7) is 5.85. The Kier molecular flexibility index (Phi) is 2.04. The van der Waals surface area contributed by atoms with E-state index in [9.17, 15) is 0 Å². The van der Waals surface area contributed by atoms with E-state index in [1.165, 1.54) is 0 Å². The summed E-state index contributed by atoms with van der Waals surface area (Å²) < 4.78 is 5.18. The fourth-order valence-electron chi connectivity index (χ4n) is 1.72. The van der Waals surface area contributed by atoms with Gasteiger partial charge in [-0.15, -0.1) is 0 Å². The van der Waals surface area contributed by atoms with Gasteiger partial charge in [-0.05, 0) is 25.1 Å². The molecular formula is C12H13NO. The molecule has 2 heteroatoms. The maximum Gasteiger partial charge on any atom is 0.119 e. The van der Waals surface area contributed by atoms with Gasteiger partial charge in [-0.25, -0.2) is 0 Å². The highest BCUT2D eigenvalue weighted by Gasteiger charge is 2.05. The summed E-state index contributed by atoms with van der Waals surface area (Å²) in [4.78, 5) is 3.30. The minimum absolute atomic E-state index is 0.875. The first-order valence-corrected chi connectivity index (χ1v) is 4.55. The van der Waals surface area contributed by atoms with E-state index in [0.29, 0.717) is 0 Å². The number of nitrogens with one attached hydrogen (secondary N) is 1. The first-order valence-electron chi connectivity index (χ1n) is 4.55. The van der Waals surface area contributed by atoms with E-state index in [1.807, 2.05) is 31.2 Å². The molecule has 0 aliphatic heterocycles. The van der Waals surface area contributed by atoms with E-state index in [2.05, 4.69) is 11.6 Å². The Balaban J connectivity index is 2.77. The number of aromatic nitrogens is 1. The van der Waals surface area contributed by atoms with Crippen LogP contribution in [-0.4, -0.2) is 12.1 Å². The molecule has 0 aliphatic rings. The maximum absolute atomic E-state index is 5.18. The van der Waals surface area contributed by atoms with Gasteiger partial charge in [-0.2, -0.15) is 0 Å². The number of benzene rings is 1. The van der Waals surface area contributed by atoms with Crippen molar-refractivity contribution < 1.29 is 4.74 Å². The minimum Gasteiger partial charge on any atom is -0.497 e. The third kappa shape index (κ3) is 1.20. The summed E-state index contributed by atoms with van der Waals surface area (Å²) >= 11 is 0. The Hall–Kier alpha value is -1.70. The molecule has 1 N–H and O–H groups in total. The Morgan fingerprint density at radius 1 is 1.43 bits per heavy atom. The number of methoxy groups -OCH3 is 1. The second-order valence-electron chi connectivity index (χ2n) is 3.28. The maximum atomic E-state index is 5.18. The highest BCUT2D eigenvalue weighted by atomic mass is 16.5. The molecule has 2 nitrogen and oxygen atoms in total. The largest absolute Gasteiger partial charge is 0.497 e. The zero-order valence-electron chi connectivity index (χ0n) is 8.42. The first-order chi connectivity index (χ1) is 6.76. The van der Waals surface area contributed by atoms with Gasteiger partial charge in [0.05, 0.1) is 7.11 Å². The Morgan fingerprint density at radius 3 is 2.86 bits per heavy atom. The van der Waals surface area contributed by atoms with Crippen LogP contribution in [0.4, 0.5) is 0 Å². The predicted octanol–water partition coefficient (Wildman–Crippen LogP) is 3.13. The third-order valence-corrected chi connectivity index (χ3v) is 2.45. The topological polar surface area (TPSA) is 25.0 Å². The summed E-state index contributed by atoms with van der Waals surface area (Å²) in [5.41, 5.74) is 3.42. The molecule has 0 unspecified atom stereocenters. The summed E-state index contributed by atoms with van der Waals surface area (Å²) in [5, 5.41) is 1.16. The van der Waals surface area contributed by atoms with Crippen molar-refractivity contribution in [2.45, 2.75) is 6.92 Å². The second-order valence-corrected chi connectivity index (χ2v) is 3.28. The standard InChI is InChI=1S/C12H13NO/c1-4-10-8(2)13-12-6-5-9(14-3)7-11(10)12/h4-7,13H,1H2,2-3H3. The predicted molar refractivity (Wildman–Crippen MR) is 59.7 cm³/mol. The van der Waals surface area contributed by atoms with E-state index in [-0.39, 0.29) is 0 Å². The molecule has 2 aromatic rings. The van der Waals surface area contributed by atoms with E-state index in [1.54, 1.807) is 7.11 Å². The Bertz CT molecular complexity index is 482. The third-order valence-electron chi connectivity index (χ3n) is 2.45. The highest BCUT2D eigenvalue weighted by molar-refractivity contribution is 5.91. The number of H-pyrrole nitrogens is 1. The van der Waals surface area contributed by atoms with Gasteiger partial charge in [0.2, 0.25) is 0 Å². The van der Waals surface area contributed by atoms with Crippen LogP contribution < -0.4 is 4.74 Å². The smallest absolute Gasteiger partial charge is 0.119 e. The molecule has 0 atom stereocenters. The molecule has 0 fully saturated rings. The molecular weight excluding hydrogens is 174 g/mol. The van der Waals surface area contributed by atoms with Gasteiger partial charge in [0, 0.05) is 22.2 Å². The average molecular weight is 187 g/mol. The average Bonchev–Trinajstić information content (AvgIpc) is 2.52. The number of ether oxygens (including phenoxy) is 1. The fourth-order valence-corrected chi connectivity index (χ4v) is 1.72. The van der Waals surface area contributed by atoms with Crippen LogP contribution in [0.2, 0.25) is 0 Å². The van der Waals surface area contributed by atoms with Gasteiger partial charge in [0.15, 0.2) is 0 Å². The normalized spacial score (nSPS) is 10.4. The van der Waals surface area contributed by atoms with Crippen LogP contribution in [0.25, 0.3) is 17.0 Å². The molecule has 0 amide bonds. The summed E-state index contributed by atoms with van der Waals surface area (Å²) in [5.74, 6) is 0.875. The van der Waals surface area contributed by atoms with Crippen LogP contribution in [0.15, 0.2) is 24.8 Å². The lowest BCUT2D eigenvalue weighted by Crippen LogP contribution is -1.81. The molecule has 1 aromatic carbocycles. The molecule has 0 radical (unpaired) electrons. The molecule has 0 bridgehead atoms. The lowest BCUT2D eigenvalue weighted by atomic mass is 10.1. The lowest BCUT2D eigenvalue weighted by molar-refractivity contribution is 0.415. The van der Waals surface area contributed by atoms with Crippen LogP contribution in [0.5, 0.6) is 5.75 Å².